The number of morpholine rings is 1. The Morgan fingerprint density at radius 1 is 1.32 bits per heavy atom. The van der Waals surface area contributed by atoms with Crippen molar-refractivity contribution in [2.75, 3.05) is 26.2 Å². The van der Waals surface area contributed by atoms with Gasteiger partial charge in [-0.2, -0.15) is 0 Å². The maximum Gasteiger partial charge on any atom is 0.0898 e. The molecule has 5 nitrogen and oxygen atoms in total. The minimum Gasteiger partial charge on any atom is -0.374 e. The molecule has 0 amide bonds. The highest BCUT2D eigenvalue weighted by Crippen LogP contribution is 2.12. The molecule has 0 aliphatic carbocycles. The fraction of sp³-hybridized carbons (Fsp3) is 0.529. The van der Waals surface area contributed by atoms with Crippen molar-refractivity contribution in [1.29, 1.82) is 0 Å². The topological polar surface area (TPSA) is 43.2 Å². The van der Waals surface area contributed by atoms with Gasteiger partial charge in [0.25, 0.3) is 0 Å². The zero-order chi connectivity index (χ0) is 15.2. The molecule has 118 valence electrons. The van der Waals surface area contributed by atoms with Crippen molar-refractivity contribution in [1.82, 2.24) is 19.9 Å². The van der Waals surface area contributed by atoms with Crippen molar-refractivity contribution in [3.8, 4) is 0 Å². The van der Waals surface area contributed by atoms with Crippen molar-refractivity contribution in [2.24, 2.45) is 0 Å². The largest absolute Gasteiger partial charge is 0.374 e. The highest BCUT2D eigenvalue weighted by molar-refractivity contribution is 5.25. The van der Waals surface area contributed by atoms with Gasteiger partial charge in [0.2, 0.25) is 0 Å². The molecule has 0 saturated carbocycles. The summed E-state index contributed by atoms with van der Waals surface area (Å²) < 4.78 is 7.68. The van der Waals surface area contributed by atoms with Gasteiger partial charge in [0.15, 0.2) is 0 Å². The van der Waals surface area contributed by atoms with Gasteiger partial charge in [-0.1, -0.05) is 29.5 Å². The zero-order valence-electron chi connectivity index (χ0n) is 13.2. The molecule has 2 heterocycles. The van der Waals surface area contributed by atoms with E-state index in [9.17, 15) is 0 Å². The Morgan fingerprint density at radius 3 is 3.05 bits per heavy atom. The minimum absolute atomic E-state index is 0.217. The summed E-state index contributed by atoms with van der Waals surface area (Å²) in [7, 11) is 0. The molecule has 1 aromatic heterocycles. The van der Waals surface area contributed by atoms with Crippen LogP contribution in [0, 0.1) is 6.92 Å². The molecule has 1 atom stereocenters. The van der Waals surface area contributed by atoms with E-state index in [2.05, 4.69) is 46.4 Å². The van der Waals surface area contributed by atoms with Crippen LogP contribution in [0.5, 0.6) is 0 Å². The molecule has 1 aliphatic rings. The first-order valence-electron chi connectivity index (χ1n) is 8.04. The SMILES string of the molecule is Cc1ccccc1CCCN1CCOC(Cn2ccnn2)C1. The van der Waals surface area contributed by atoms with Crippen LogP contribution in [0.15, 0.2) is 36.7 Å². The lowest BCUT2D eigenvalue weighted by atomic mass is 10.0. The van der Waals surface area contributed by atoms with Crippen LogP contribution in [-0.2, 0) is 17.7 Å². The van der Waals surface area contributed by atoms with Crippen molar-refractivity contribution in [3.05, 3.63) is 47.8 Å². The first-order valence-corrected chi connectivity index (χ1v) is 8.04. The zero-order valence-corrected chi connectivity index (χ0v) is 13.2. The van der Waals surface area contributed by atoms with E-state index in [0.717, 1.165) is 39.2 Å². The van der Waals surface area contributed by atoms with E-state index in [1.807, 2.05) is 10.9 Å². The maximum absolute atomic E-state index is 5.83. The van der Waals surface area contributed by atoms with Crippen LogP contribution in [-0.4, -0.2) is 52.2 Å². The summed E-state index contributed by atoms with van der Waals surface area (Å²) in [5.41, 5.74) is 2.86. The van der Waals surface area contributed by atoms with Gasteiger partial charge in [0.05, 0.1) is 25.5 Å². The normalized spacial score (nSPS) is 19.4. The molecule has 1 fully saturated rings. The molecular formula is C17H24N4O. The van der Waals surface area contributed by atoms with Crippen LogP contribution >= 0.6 is 0 Å². The molecule has 0 N–H and O–H groups in total. The Labute approximate surface area is 131 Å². The summed E-state index contributed by atoms with van der Waals surface area (Å²) in [5, 5.41) is 7.86. The average Bonchev–Trinajstić information content (AvgIpc) is 3.03. The molecule has 22 heavy (non-hydrogen) atoms. The Balaban J connectivity index is 1.43. The van der Waals surface area contributed by atoms with Crippen LogP contribution < -0.4 is 0 Å². The minimum atomic E-state index is 0.217. The van der Waals surface area contributed by atoms with Crippen LogP contribution in [0.3, 0.4) is 0 Å². The molecular weight excluding hydrogens is 276 g/mol. The summed E-state index contributed by atoms with van der Waals surface area (Å²) >= 11 is 0. The number of hydrogen-bond acceptors (Lipinski definition) is 4. The van der Waals surface area contributed by atoms with Gasteiger partial charge in [0, 0.05) is 19.3 Å². The van der Waals surface area contributed by atoms with E-state index < -0.39 is 0 Å². The quantitative estimate of drug-likeness (QED) is 0.817. The Kier molecular flexibility index (Phi) is 5.19. The second-order valence-corrected chi connectivity index (χ2v) is 5.95. The molecule has 1 aliphatic heterocycles. The Morgan fingerprint density at radius 2 is 2.23 bits per heavy atom. The molecule has 0 radical (unpaired) electrons. The van der Waals surface area contributed by atoms with Crippen molar-refractivity contribution < 1.29 is 4.74 Å². The fourth-order valence-corrected chi connectivity index (χ4v) is 3.02. The number of ether oxygens (including phenoxy) is 1. The van der Waals surface area contributed by atoms with Gasteiger partial charge in [-0.15, -0.1) is 5.10 Å². The van der Waals surface area contributed by atoms with E-state index in [1.54, 1.807) is 6.20 Å². The smallest absolute Gasteiger partial charge is 0.0898 e. The lowest BCUT2D eigenvalue weighted by molar-refractivity contribution is -0.0378. The molecule has 3 rings (SSSR count). The first-order chi connectivity index (χ1) is 10.8. The number of rotatable bonds is 6. The van der Waals surface area contributed by atoms with Crippen molar-refractivity contribution in [2.45, 2.75) is 32.4 Å². The van der Waals surface area contributed by atoms with Crippen LogP contribution in [0.2, 0.25) is 0 Å². The molecule has 1 saturated heterocycles. The number of aromatic nitrogens is 3. The van der Waals surface area contributed by atoms with E-state index >= 15 is 0 Å². The monoisotopic (exact) mass is 300 g/mol. The molecule has 0 spiro atoms. The lowest BCUT2D eigenvalue weighted by Gasteiger charge is -2.32. The molecule has 5 heteroatoms. The van der Waals surface area contributed by atoms with E-state index in [4.69, 9.17) is 4.74 Å². The van der Waals surface area contributed by atoms with Gasteiger partial charge in [-0.05, 0) is 37.4 Å². The number of hydrogen-bond donors (Lipinski definition) is 0. The highest BCUT2D eigenvalue weighted by atomic mass is 16.5. The molecule has 1 unspecified atom stereocenters. The summed E-state index contributed by atoms with van der Waals surface area (Å²) in [4.78, 5) is 2.50. The van der Waals surface area contributed by atoms with E-state index in [-0.39, 0.29) is 6.10 Å². The molecule has 0 bridgehead atoms. The average molecular weight is 300 g/mol. The van der Waals surface area contributed by atoms with Gasteiger partial charge in [0.1, 0.15) is 0 Å². The van der Waals surface area contributed by atoms with Gasteiger partial charge < -0.3 is 4.74 Å². The van der Waals surface area contributed by atoms with Crippen molar-refractivity contribution >= 4 is 0 Å². The highest BCUT2D eigenvalue weighted by Gasteiger charge is 2.20. The Hall–Kier alpha value is -1.72. The third kappa shape index (κ3) is 4.15. The molecule has 1 aromatic carbocycles. The maximum atomic E-state index is 5.83. The van der Waals surface area contributed by atoms with Gasteiger partial charge >= 0.3 is 0 Å². The second-order valence-electron chi connectivity index (χ2n) is 5.95. The Bertz CT molecular complexity index is 570. The third-order valence-corrected chi connectivity index (χ3v) is 4.27. The van der Waals surface area contributed by atoms with Crippen molar-refractivity contribution in [3.63, 3.8) is 0 Å². The van der Waals surface area contributed by atoms with E-state index in [0.29, 0.717) is 0 Å². The summed E-state index contributed by atoms with van der Waals surface area (Å²) in [5.74, 6) is 0. The van der Waals surface area contributed by atoms with Gasteiger partial charge in [-0.25, -0.2) is 4.68 Å². The van der Waals surface area contributed by atoms with Crippen LogP contribution in [0.25, 0.3) is 0 Å². The van der Waals surface area contributed by atoms with Crippen LogP contribution in [0.1, 0.15) is 17.5 Å². The molecule has 2 aromatic rings. The number of aryl methyl sites for hydroxylation is 2. The number of nitrogens with zero attached hydrogens (tertiary/aromatic N) is 4. The van der Waals surface area contributed by atoms with Gasteiger partial charge in [-0.3, -0.25) is 4.90 Å². The summed E-state index contributed by atoms with van der Waals surface area (Å²) in [6.07, 6.45) is 6.16. The predicted molar refractivity (Wildman–Crippen MR) is 85.7 cm³/mol. The number of benzene rings is 1. The predicted octanol–water partition coefficient (Wildman–Crippen LogP) is 1.92. The second kappa shape index (κ2) is 7.51. The lowest BCUT2D eigenvalue weighted by Crippen LogP contribution is -2.44. The summed E-state index contributed by atoms with van der Waals surface area (Å²) in [6, 6.07) is 8.67. The summed E-state index contributed by atoms with van der Waals surface area (Å²) in [6.45, 7) is 6.93. The standard InChI is InChI=1S/C17H24N4O/c1-15-5-2-3-6-16(15)7-4-9-20-11-12-22-17(13-20)14-21-10-8-18-19-21/h2-3,5-6,8,10,17H,4,7,9,11-14H2,1H3. The first kappa shape index (κ1) is 15.2. The third-order valence-electron chi connectivity index (χ3n) is 4.27. The van der Waals surface area contributed by atoms with Crippen LogP contribution in [0.4, 0.5) is 0 Å². The van der Waals surface area contributed by atoms with E-state index in [1.165, 1.54) is 17.5 Å². The fourth-order valence-electron chi connectivity index (χ4n) is 3.02.